The highest BCUT2D eigenvalue weighted by molar-refractivity contribution is 5.76. The summed E-state index contributed by atoms with van der Waals surface area (Å²) in [4.78, 5) is 11.8. The zero-order chi connectivity index (χ0) is 11.1. The maximum Gasteiger partial charge on any atom is 0.323 e. The Morgan fingerprint density at radius 3 is 2.40 bits per heavy atom. The van der Waals surface area contributed by atoms with Gasteiger partial charge >= 0.3 is 5.97 Å². The first-order valence-electron chi connectivity index (χ1n) is 5.94. The minimum absolute atomic E-state index is 0.0603. The van der Waals surface area contributed by atoms with Gasteiger partial charge in [-0.25, -0.2) is 0 Å². The van der Waals surface area contributed by atoms with Gasteiger partial charge < -0.3 is 10.1 Å². The van der Waals surface area contributed by atoms with Crippen LogP contribution in [0.4, 0.5) is 0 Å². The minimum Gasteiger partial charge on any atom is -0.459 e. The highest BCUT2D eigenvalue weighted by Gasteiger charge is 2.39. The normalized spacial score (nSPS) is 31.7. The summed E-state index contributed by atoms with van der Waals surface area (Å²) in [6, 6.07) is 0.511. The molecule has 86 valence electrons. The molecule has 0 unspecified atom stereocenters. The summed E-state index contributed by atoms with van der Waals surface area (Å²) < 4.78 is 5.37. The lowest BCUT2D eigenvalue weighted by molar-refractivity contribution is -0.157. The van der Waals surface area contributed by atoms with Gasteiger partial charge in [0.1, 0.15) is 11.6 Å². The Balaban J connectivity index is 1.82. The molecule has 2 fully saturated rings. The molecule has 0 aromatic heterocycles. The van der Waals surface area contributed by atoms with Crippen molar-refractivity contribution in [3.05, 3.63) is 0 Å². The van der Waals surface area contributed by atoms with E-state index in [4.69, 9.17) is 4.74 Å². The van der Waals surface area contributed by atoms with Gasteiger partial charge in [0.2, 0.25) is 0 Å². The summed E-state index contributed by atoms with van der Waals surface area (Å²) in [5, 5.41) is 3.40. The van der Waals surface area contributed by atoms with Crippen LogP contribution in [-0.2, 0) is 9.53 Å². The van der Waals surface area contributed by atoms with Crippen molar-refractivity contribution in [1.29, 1.82) is 0 Å². The molecule has 1 heterocycles. The standard InChI is InChI=1S/C12H21NO2/c1-12(2,3)15-11(14)10-7-6-9(13-10)8-4-5-8/h8-10,13H,4-7H2,1-3H3/t9-,10-/m0/s1. The van der Waals surface area contributed by atoms with Crippen LogP contribution in [0.5, 0.6) is 0 Å². The Hall–Kier alpha value is -0.570. The molecule has 0 aromatic carbocycles. The minimum atomic E-state index is -0.365. The zero-order valence-corrected chi connectivity index (χ0v) is 9.88. The van der Waals surface area contributed by atoms with Gasteiger partial charge in [0.15, 0.2) is 0 Å². The molecule has 0 spiro atoms. The molecule has 3 heteroatoms. The van der Waals surface area contributed by atoms with Gasteiger partial charge in [-0.3, -0.25) is 4.79 Å². The number of rotatable bonds is 2. The van der Waals surface area contributed by atoms with Crippen LogP contribution in [0, 0.1) is 5.92 Å². The van der Waals surface area contributed by atoms with Crippen LogP contribution < -0.4 is 5.32 Å². The van der Waals surface area contributed by atoms with Crippen LogP contribution in [0.25, 0.3) is 0 Å². The molecular weight excluding hydrogens is 190 g/mol. The van der Waals surface area contributed by atoms with E-state index < -0.39 is 0 Å². The third-order valence-electron chi connectivity index (χ3n) is 3.06. The summed E-state index contributed by atoms with van der Waals surface area (Å²) in [6.07, 6.45) is 4.74. The lowest BCUT2D eigenvalue weighted by Gasteiger charge is -2.22. The van der Waals surface area contributed by atoms with E-state index in [1.54, 1.807) is 0 Å². The van der Waals surface area contributed by atoms with E-state index >= 15 is 0 Å². The summed E-state index contributed by atoms with van der Waals surface area (Å²) in [7, 11) is 0. The molecular formula is C12H21NO2. The Morgan fingerprint density at radius 1 is 1.20 bits per heavy atom. The molecule has 15 heavy (non-hydrogen) atoms. The quantitative estimate of drug-likeness (QED) is 0.708. The van der Waals surface area contributed by atoms with Crippen molar-refractivity contribution in [3.63, 3.8) is 0 Å². The van der Waals surface area contributed by atoms with Crippen molar-refractivity contribution >= 4 is 5.97 Å². The van der Waals surface area contributed by atoms with Crippen molar-refractivity contribution in [2.45, 2.75) is 64.1 Å². The van der Waals surface area contributed by atoms with Crippen LogP contribution >= 0.6 is 0 Å². The fraction of sp³-hybridized carbons (Fsp3) is 0.917. The number of ether oxygens (including phenoxy) is 1. The smallest absolute Gasteiger partial charge is 0.323 e. The maximum atomic E-state index is 11.8. The predicted octanol–water partition coefficient (Wildman–Crippen LogP) is 1.86. The molecule has 0 bridgehead atoms. The molecule has 1 aliphatic carbocycles. The third-order valence-corrected chi connectivity index (χ3v) is 3.06. The Morgan fingerprint density at radius 2 is 1.87 bits per heavy atom. The van der Waals surface area contributed by atoms with Crippen molar-refractivity contribution in [2.24, 2.45) is 5.92 Å². The predicted molar refractivity (Wildman–Crippen MR) is 58.5 cm³/mol. The molecule has 2 atom stereocenters. The van der Waals surface area contributed by atoms with Crippen LogP contribution in [0.15, 0.2) is 0 Å². The highest BCUT2D eigenvalue weighted by Crippen LogP contribution is 2.37. The van der Waals surface area contributed by atoms with Crippen LogP contribution in [-0.4, -0.2) is 23.7 Å². The van der Waals surface area contributed by atoms with Crippen molar-refractivity contribution in [2.75, 3.05) is 0 Å². The summed E-state index contributed by atoms with van der Waals surface area (Å²) in [6.45, 7) is 5.74. The first-order chi connectivity index (χ1) is 6.96. The summed E-state index contributed by atoms with van der Waals surface area (Å²) >= 11 is 0. The fourth-order valence-electron chi connectivity index (χ4n) is 2.20. The number of hydrogen-bond acceptors (Lipinski definition) is 3. The van der Waals surface area contributed by atoms with Gasteiger partial charge in [-0.1, -0.05) is 0 Å². The molecule has 3 nitrogen and oxygen atoms in total. The van der Waals surface area contributed by atoms with E-state index in [9.17, 15) is 4.79 Å². The van der Waals surface area contributed by atoms with Crippen molar-refractivity contribution in [3.8, 4) is 0 Å². The second kappa shape index (κ2) is 3.78. The van der Waals surface area contributed by atoms with E-state index in [-0.39, 0.29) is 17.6 Å². The lowest BCUT2D eigenvalue weighted by atomic mass is 10.1. The fourth-order valence-corrected chi connectivity index (χ4v) is 2.20. The number of carbonyl (C=O) groups is 1. The summed E-state index contributed by atoms with van der Waals surface area (Å²) in [5.41, 5.74) is -0.365. The largest absolute Gasteiger partial charge is 0.459 e. The molecule has 2 rings (SSSR count). The van der Waals surface area contributed by atoms with Crippen molar-refractivity contribution < 1.29 is 9.53 Å². The first-order valence-corrected chi connectivity index (χ1v) is 5.94. The lowest BCUT2D eigenvalue weighted by Crippen LogP contribution is -2.40. The second-order valence-electron chi connectivity index (χ2n) is 5.77. The number of hydrogen-bond donors (Lipinski definition) is 1. The molecule has 1 aliphatic heterocycles. The van der Waals surface area contributed by atoms with Gasteiger partial charge in [0, 0.05) is 6.04 Å². The zero-order valence-electron chi connectivity index (χ0n) is 9.88. The molecule has 0 aromatic rings. The van der Waals surface area contributed by atoms with Gasteiger partial charge in [0.05, 0.1) is 0 Å². The van der Waals surface area contributed by atoms with Gasteiger partial charge in [-0.2, -0.15) is 0 Å². The van der Waals surface area contributed by atoms with E-state index in [1.807, 2.05) is 20.8 Å². The number of nitrogens with one attached hydrogen (secondary N) is 1. The van der Waals surface area contributed by atoms with Crippen LogP contribution in [0.3, 0.4) is 0 Å². The van der Waals surface area contributed by atoms with E-state index in [0.29, 0.717) is 6.04 Å². The van der Waals surface area contributed by atoms with Gasteiger partial charge in [-0.15, -0.1) is 0 Å². The Labute approximate surface area is 91.6 Å². The average Bonchev–Trinajstić information content (AvgIpc) is 2.81. The molecule has 1 saturated carbocycles. The summed E-state index contributed by atoms with van der Waals surface area (Å²) in [5.74, 6) is 0.753. The van der Waals surface area contributed by atoms with Gasteiger partial charge in [0.25, 0.3) is 0 Å². The highest BCUT2D eigenvalue weighted by atomic mass is 16.6. The Bertz CT molecular complexity index is 253. The average molecular weight is 211 g/mol. The Kier molecular flexibility index (Phi) is 2.75. The molecule has 1 saturated heterocycles. The molecule has 2 aliphatic rings. The maximum absolute atomic E-state index is 11.8. The molecule has 0 radical (unpaired) electrons. The van der Waals surface area contributed by atoms with Crippen LogP contribution in [0.2, 0.25) is 0 Å². The van der Waals surface area contributed by atoms with E-state index in [2.05, 4.69) is 5.32 Å². The van der Waals surface area contributed by atoms with Crippen LogP contribution in [0.1, 0.15) is 46.5 Å². The number of esters is 1. The topological polar surface area (TPSA) is 38.3 Å². The SMILES string of the molecule is CC(C)(C)OC(=O)[C@@H]1CC[C@@H](C2CC2)N1. The second-order valence-corrected chi connectivity index (χ2v) is 5.77. The third kappa shape index (κ3) is 2.94. The van der Waals surface area contributed by atoms with Gasteiger partial charge in [-0.05, 0) is 52.4 Å². The van der Waals surface area contributed by atoms with E-state index in [0.717, 1.165) is 18.8 Å². The molecule has 1 N–H and O–H groups in total. The van der Waals surface area contributed by atoms with E-state index in [1.165, 1.54) is 12.8 Å². The monoisotopic (exact) mass is 211 g/mol. The van der Waals surface area contributed by atoms with Crippen molar-refractivity contribution in [1.82, 2.24) is 5.32 Å². The first kappa shape index (κ1) is 10.9. The number of carbonyl (C=O) groups excluding carboxylic acids is 1. The molecule has 0 amide bonds.